The van der Waals surface area contributed by atoms with E-state index in [4.69, 9.17) is 11.6 Å². The number of amides is 1. The van der Waals surface area contributed by atoms with Gasteiger partial charge in [0, 0.05) is 36.3 Å². The molecule has 0 aromatic heterocycles. The fourth-order valence-electron chi connectivity index (χ4n) is 3.03. The first-order valence-electron chi connectivity index (χ1n) is 8.62. The van der Waals surface area contributed by atoms with Crippen LogP contribution in [0, 0.1) is 0 Å². The van der Waals surface area contributed by atoms with E-state index in [0.717, 1.165) is 16.6 Å². The Hall–Kier alpha value is -1.77. The van der Waals surface area contributed by atoms with E-state index in [1.807, 2.05) is 9.80 Å². The van der Waals surface area contributed by atoms with Crippen LogP contribution in [0.15, 0.2) is 46.9 Å². The third kappa shape index (κ3) is 5.40. The van der Waals surface area contributed by atoms with Crippen LogP contribution in [-0.2, 0) is 11.0 Å². The zero-order chi connectivity index (χ0) is 20.3. The van der Waals surface area contributed by atoms with Crippen LogP contribution in [0.25, 0.3) is 0 Å². The van der Waals surface area contributed by atoms with Crippen molar-refractivity contribution in [2.75, 3.05) is 42.9 Å². The van der Waals surface area contributed by atoms with Gasteiger partial charge in [-0.15, -0.1) is 0 Å². The number of rotatable bonds is 4. The van der Waals surface area contributed by atoms with Gasteiger partial charge in [0.2, 0.25) is 5.91 Å². The van der Waals surface area contributed by atoms with Crippen LogP contribution in [0.4, 0.5) is 24.5 Å². The molecule has 1 heterocycles. The lowest BCUT2D eigenvalue weighted by atomic mass is 10.1. The lowest BCUT2D eigenvalue weighted by Gasteiger charge is -2.36. The first kappa shape index (κ1) is 21.0. The highest BCUT2D eigenvalue weighted by Gasteiger charge is 2.31. The predicted molar refractivity (Wildman–Crippen MR) is 108 cm³/mol. The number of benzene rings is 2. The summed E-state index contributed by atoms with van der Waals surface area (Å²) in [5.41, 5.74) is 0.427. The minimum absolute atomic E-state index is 0.184. The van der Waals surface area contributed by atoms with Crippen molar-refractivity contribution >= 4 is 44.8 Å². The van der Waals surface area contributed by atoms with Crippen molar-refractivity contribution in [2.24, 2.45) is 0 Å². The second-order valence-corrected chi connectivity index (χ2v) is 7.81. The Balaban J connectivity index is 1.53. The average Bonchev–Trinajstić information content (AvgIpc) is 2.64. The number of piperazine rings is 1. The van der Waals surface area contributed by atoms with Crippen LogP contribution in [0.3, 0.4) is 0 Å². The molecule has 1 amide bonds. The zero-order valence-corrected chi connectivity index (χ0v) is 17.1. The highest BCUT2D eigenvalue weighted by molar-refractivity contribution is 9.10. The molecule has 0 aliphatic carbocycles. The average molecular weight is 477 g/mol. The van der Waals surface area contributed by atoms with Gasteiger partial charge in [0.1, 0.15) is 0 Å². The van der Waals surface area contributed by atoms with Crippen molar-refractivity contribution < 1.29 is 18.0 Å². The summed E-state index contributed by atoms with van der Waals surface area (Å²) in [6, 6.07) is 10.5. The number of nitrogens with one attached hydrogen (secondary N) is 1. The largest absolute Gasteiger partial charge is 0.416 e. The molecule has 0 spiro atoms. The molecule has 3 rings (SSSR count). The standard InChI is InChI=1S/C19H18BrClF3N3O/c20-14-4-5-17(16(21)11-14)25-18(28)12-26-6-8-27(9-7-26)15-3-1-2-13(10-15)19(22,23)24/h1-5,10-11H,6-9,12H2,(H,25,28). The number of alkyl halides is 3. The predicted octanol–water partition coefficient (Wildman–Crippen LogP) is 4.88. The number of nitrogens with zero attached hydrogens (tertiary/aromatic N) is 2. The summed E-state index contributed by atoms with van der Waals surface area (Å²) in [6.45, 7) is 2.46. The molecule has 150 valence electrons. The summed E-state index contributed by atoms with van der Waals surface area (Å²) in [5.74, 6) is -0.184. The summed E-state index contributed by atoms with van der Waals surface area (Å²) in [4.78, 5) is 16.1. The summed E-state index contributed by atoms with van der Waals surface area (Å²) < 4.78 is 39.5. The second kappa shape index (κ2) is 8.71. The van der Waals surface area contributed by atoms with Gasteiger partial charge in [0.15, 0.2) is 0 Å². The smallest absolute Gasteiger partial charge is 0.369 e. The molecule has 1 aliphatic rings. The minimum Gasteiger partial charge on any atom is -0.369 e. The lowest BCUT2D eigenvalue weighted by molar-refractivity contribution is -0.137. The Morgan fingerprint density at radius 1 is 1.11 bits per heavy atom. The van der Waals surface area contributed by atoms with Gasteiger partial charge < -0.3 is 10.2 Å². The van der Waals surface area contributed by atoms with Gasteiger partial charge in [-0.1, -0.05) is 33.6 Å². The molecular formula is C19H18BrClF3N3O. The normalized spacial score (nSPS) is 15.5. The summed E-state index contributed by atoms with van der Waals surface area (Å²) in [5, 5.41) is 3.22. The number of hydrogen-bond donors (Lipinski definition) is 1. The van der Waals surface area contributed by atoms with Crippen LogP contribution >= 0.6 is 27.5 Å². The fraction of sp³-hybridized carbons (Fsp3) is 0.316. The van der Waals surface area contributed by atoms with Gasteiger partial charge >= 0.3 is 6.18 Å². The topological polar surface area (TPSA) is 35.6 Å². The number of carbonyl (C=O) groups is 1. The van der Waals surface area contributed by atoms with Crippen LogP contribution in [0.5, 0.6) is 0 Å². The van der Waals surface area contributed by atoms with E-state index in [0.29, 0.717) is 42.6 Å². The molecule has 1 fully saturated rings. The van der Waals surface area contributed by atoms with Gasteiger partial charge in [-0.3, -0.25) is 9.69 Å². The van der Waals surface area contributed by atoms with Crippen molar-refractivity contribution in [3.63, 3.8) is 0 Å². The van der Waals surface area contributed by atoms with Gasteiger partial charge in [-0.05, 0) is 36.4 Å². The van der Waals surface area contributed by atoms with E-state index in [-0.39, 0.29) is 12.5 Å². The molecule has 0 bridgehead atoms. The van der Waals surface area contributed by atoms with E-state index >= 15 is 0 Å². The van der Waals surface area contributed by atoms with Crippen LogP contribution in [-0.4, -0.2) is 43.5 Å². The second-order valence-electron chi connectivity index (χ2n) is 6.48. The van der Waals surface area contributed by atoms with Gasteiger partial charge in [-0.2, -0.15) is 13.2 Å². The lowest BCUT2D eigenvalue weighted by Crippen LogP contribution is -2.48. The highest BCUT2D eigenvalue weighted by atomic mass is 79.9. The van der Waals surface area contributed by atoms with Crippen molar-refractivity contribution in [3.8, 4) is 0 Å². The van der Waals surface area contributed by atoms with Gasteiger partial charge in [0.05, 0.1) is 22.8 Å². The third-order valence-corrected chi connectivity index (χ3v) is 5.29. The van der Waals surface area contributed by atoms with Gasteiger partial charge in [0.25, 0.3) is 0 Å². The molecule has 2 aromatic rings. The van der Waals surface area contributed by atoms with Crippen molar-refractivity contribution in [1.82, 2.24) is 4.90 Å². The minimum atomic E-state index is -4.36. The summed E-state index contributed by atoms with van der Waals surface area (Å²) >= 11 is 9.41. The maximum Gasteiger partial charge on any atom is 0.416 e. The summed E-state index contributed by atoms with van der Waals surface area (Å²) in [7, 11) is 0. The Labute approximate surface area is 174 Å². The van der Waals surface area contributed by atoms with Crippen LogP contribution in [0.1, 0.15) is 5.56 Å². The summed E-state index contributed by atoms with van der Waals surface area (Å²) in [6.07, 6.45) is -4.36. The maximum absolute atomic E-state index is 12.9. The molecule has 0 radical (unpaired) electrons. The first-order valence-corrected chi connectivity index (χ1v) is 9.79. The van der Waals surface area contributed by atoms with Crippen molar-refractivity contribution in [3.05, 3.63) is 57.5 Å². The number of hydrogen-bond acceptors (Lipinski definition) is 3. The third-order valence-electron chi connectivity index (χ3n) is 4.48. The van der Waals surface area contributed by atoms with E-state index < -0.39 is 11.7 Å². The monoisotopic (exact) mass is 475 g/mol. The molecule has 2 aromatic carbocycles. The molecule has 0 atom stereocenters. The van der Waals surface area contributed by atoms with Crippen LogP contribution in [0.2, 0.25) is 5.02 Å². The molecule has 1 N–H and O–H groups in total. The molecule has 28 heavy (non-hydrogen) atoms. The van der Waals surface area contributed by atoms with Gasteiger partial charge in [-0.25, -0.2) is 0 Å². The zero-order valence-electron chi connectivity index (χ0n) is 14.8. The Morgan fingerprint density at radius 2 is 1.82 bits per heavy atom. The number of halogens is 5. The Morgan fingerprint density at radius 3 is 2.46 bits per heavy atom. The number of carbonyl (C=O) groups excluding carboxylic acids is 1. The quantitative estimate of drug-likeness (QED) is 0.683. The van der Waals surface area contributed by atoms with Crippen LogP contribution < -0.4 is 10.2 Å². The fourth-order valence-corrected chi connectivity index (χ4v) is 3.75. The highest BCUT2D eigenvalue weighted by Crippen LogP contribution is 2.32. The SMILES string of the molecule is O=C(CN1CCN(c2cccc(C(F)(F)F)c2)CC1)Nc1ccc(Br)cc1Cl. The molecule has 1 aliphatic heterocycles. The van der Waals surface area contributed by atoms with E-state index in [2.05, 4.69) is 21.2 Å². The molecule has 9 heteroatoms. The Kier molecular flexibility index (Phi) is 6.52. The molecule has 0 unspecified atom stereocenters. The van der Waals surface area contributed by atoms with Crippen molar-refractivity contribution in [1.29, 1.82) is 0 Å². The first-order chi connectivity index (χ1) is 13.2. The van der Waals surface area contributed by atoms with Crippen molar-refractivity contribution in [2.45, 2.75) is 6.18 Å². The van der Waals surface area contributed by atoms with E-state index in [9.17, 15) is 18.0 Å². The van der Waals surface area contributed by atoms with E-state index in [1.54, 1.807) is 24.3 Å². The molecular weight excluding hydrogens is 459 g/mol. The Bertz CT molecular complexity index is 855. The number of anilines is 2. The molecule has 4 nitrogen and oxygen atoms in total. The molecule has 1 saturated heterocycles. The van der Waals surface area contributed by atoms with E-state index in [1.165, 1.54) is 6.07 Å². The molecule has 0 saturated carbocycles. The maximum atomic E-state index is 12.9.